The Morgan fingerprint density at radius 3 is 2.52 bits per heavy atom. The van der Waals surface area contributed by atoms with Crippen LogP contribution in [-0.4, -0.2) is 11.6 Å². The van der Waals surface area contributed by atoms with Crippen molar-refractivity contribution in [2.75, 3.05) is 5.32 Å². The molecule has 0 unspecified atom stereocenters. The van der Waals surface area contributed by atoms with Gasteiger partial charge in [0.1, 0.15) is 17.2 Å². The summed E-state index contributed by atoms with van der Waals surface area (Å²) in [6, 6.07) is 22.5. The molecule has 3 aromatic rings. The van der Waals surface area contributed by atoms with E-state index in [0.717, 1.165) is 21.5 Å². The molecule has 0 saturated carbocycles. The zero-order valence-electron chi connectivity index (χ0n) is 13.1. The molecule has 4 nitrogen and oxygen atoms in total. The number of hydrogen-bond acceptors (Lipinski definition) is 3. The van der Waals surface area contributed by atoms with Gasteiger partial charge in [-0.15, -0.1) is 0 Å². The molecule has 1 heterocycles. The number of nitrogens with one attached hydrogen (secondary N) is 1. The first kappa shape index (κ1) is 15.6. The molecule has 0 spiro atoms. The number of carbonyl (C=O) groups excluding carboxylic acids is 1. The van der Waals surface area contributed by atoms with Crippen LogP contribution in [0.25, 0.3) is 0 Å². The molecule has 0 aliphatic carbocycles. The molecule has 0 fully saturated rings. The van der Waals surface area contributed by atoms with Gasteiger partial charge in [-0.1, -0.05) is 40.2 Å². The first-order chi connectivity index (χ1) is 12.2. The SMILES string of the molecule is O=C1Nc2ccc(Br)cc2C1=Nc1cccc(Oc2ccccc2)c1. The number of benzene rings is 3. The summed E-state index contributed by atoms with van der Waals surface area (Å²) in [4.78, 5) is 16.8. The maximum absolute atomic E-state index is 12.2. The molecule has 1 N–H and O–H groups in total. The summed E-state index contributed by atoms with van der Waals surface area (Å²) in [7, 11) is 0. The molecular weight excluding hydrogens is 380 g/mol. The van der Waals surface area contributed by atoms with Gasteiger partial charge in [-0.05, 0) is 42.5 Å². The monoisotopic (exact) mass is 392 g/mol. The largest absolute Gasteiger partial charge is 0.457 e. The Labute approximate surface area is 153 Å². The minimum absolute atomic E-state index is 0.206. The van der Waals surface area contributed by atoms with Crippen LogP contribution in [0.2, 0.25) is 0 Å². The highest BCUT2D eigenvalue weighted by Crippen LogP contribution is 2.30. The summed E-state index contributed by atoms with van der Waals surface area (Å²) in [5, 5.41) is 2.83. The first-order valence-electron chi connectivity index (χ1n) is 7.72. The van der Waals surface area contributed by atoms with Crippen molar-refractivity contribution < 1.29 is 9.53 Å². The molecule has 0 radical (unpaired) electrons. The average molecular weight is 393 g/mol. The second kappa shape index (κ2) is 6.53. The summed E-state index contributed by atoms with van der Waals surface area (Å²) < 4.78 is 6.72. The maximum Gasteiger partial charge on any atom is 0.275 e. The summed E-state index contributed by atoms with van der Waals surface area (Å²) >= 11 is 3.43. The van der Waals surface area contributed by atoms with Gasteiger partial charge in [0.15, 0.2) is 0 Å². The first-order valence-corrected chi connectivity index (χ1v) is 8.51. The third-order valence-corrected chi connectivity index (χ3v) is 4.23. The number of nitrogens with zero attached hydrogens (tertiary/aromatic N) is 1. The summed E-state index contributed by atoms with van der Waals surface area (Å²) in [6.07, 6.45) is 0. The topological polar surface area (TPSA) is 50.7 Å². The van der Waals surface area contributed by atoms with E-state index in [0.29, 0.717) is 17.1 Å². The molecule has 0 bridgehead atoms. The van der Waals surface area contributed by atoms with E-state index in [9.17, 15) is 4.79 Å². The molecule has 1 aliphatic rings. The van der Waals surface area contributed by atoms with E-state index in [1.807, 2.05) is 72.8 Å². The van der Waals surface area contributed by atoms with Crippen molar-refractivity contribution in [2.24, 2.45) is 4.99 Å². The van der Waals surface area contributed by atoms with E-state index in [-0.39, 0.29) is 5.91 Å². The number of fused-ring (bicyclic) bond motifs is 1. The predicted octanol–water partition coefficient (Wildman–Crippen LogP) is 5.31. The van der Waals surface area contributed by atoms with Gasteiger partial charge in [-0.3, -0.25) is 4.79 Å². The molecule has 4 rings (SSSR count). The molecule has 0 saturated heterocycles. The van der Waals surface area contributed by atoms with Crippen LogP contribution in [0.1, 0.15) is 5.56 Å². The Hall–Kier alpha value is -2.92. The average Bonchev–Trinajstić information content (AvgIpc) is 2.91. The lowest BCUT2D eigenvalue weighted by molar-refractivity contribution is -0.110. The minimum atomic E-state index is -0.206. The number of carbonyl (C=O) groups is 1. The van der Waals surface area contributed by atoms with Crippen molar-refractivity contribution in [3.63, 3.8) is 0 Å². The van der Waals surface area contributed by atoms with Crippen LogP contribution < -0.4 is 10.1 Å². The Kier molecular flexibility index (Phi) is 4.07. The number of amides is 1. The number of rotatable bonds is 3. The second-order valence-corrected chi connectivity index (χ2v) is 6.43. The lowest BCUT2D eigenvalue weighted by atomic mass is 10.1. The fourth-order valence-corrected chi connectivity index (χ4v) is 2.97. The second-order valence-electron chi connectivity index (χ2n) is 5.52. The molecular formula is C20H13BrN2O2. The number of anilines is 1. The molecule has 3 aromatic carbocycles. The van der Waals surface area contributed by atoms with Crippen molar-refractivity contribution in [3.8, 4) is 11.5 Å². The third kappa shape index (κ3) is 3.32. The minimum Gasteiger partial charge on any atom is -0.457 e. The predicted molar refractivity (Wildman–Crippen MR) is 102 cm³/mol. The molecule has 0 aromatic heterocycles. The van der Waals surface area contributed by atoms with Crippen molar-refractivity contribution in [1.29, 1.82) is 0 Å². The normalized spacial score (nSPS) is 14.3. The number of para-hydroxylation sites is 1. The molecule has 1 aliphatic heterocycles. The fraction of sp³-hybridized carbons (Fsp3) is 0. The Morgan fingerprint density at radius 1 is 0.880 bits per heavy atom. The number of hydrogen-bond donors (Lipinski definition) is 1. The quantitative estimate of drug-likeness (QED) is 0.655. The van der Waals surface area contributed by atoms with Gasteiger partial charge < -0.3 is 10.1 Å². The van der Waals surface area contributed by atoms with Crippen LogP contribution in [0.5, 0.6) is 11.5 Å². The number of halogens is 1. The van der Waals surface area contributed by atoms with Gasteiger partial charge in [0, 0.05) is 16.1 Å². The Balaban J connectivity index is 1.67. The molecule has 122 valence electrons. The van der Waals surface area contributed by atoms with E-state index in [2.05, 4.69) is 26.2 Å². The van der Waals surface area contributed by atoms with Gasteiger partial charge in [-0.2, -0.15) is 0 Å². The van der Waals surface area contributed by atoms with E-state index < -0.39 is 0 Å². The lowest BCUT2D eigenvalue weighted by Gasteiger charge is -2.06. The van der Waals surface area contributed by atoms with Gasteiger partial charge in [0.2, 0.25) is 0 Å². The Morgan fingerprint density at radius 2 is 1.68 bits per heavy atom. The molecule has 25 heavy (non-hydrogen) atoms. The zero-order valence-corrected chi connectivity index (χ0v) is 14.7. The number of aliphatic imine (C=N–C) groups is 1. The van der Waals surface area contributed by atoms with Crippen LogP contribution in [0.3, 0.4) is 0 Å². The summed E-state index contributed by atoms with van der Waals surface area (Å²) in [6.45, 7) is 0. The molecule has 0 atom stereocenters. The molecule has 1 amide bonds. The van der Waals surface area contributed by atoms with Crippen molar-refractivity contribution in [2.45, 2.75) is 0 Å². The highest BCUT2D eigenvalue weighted by Gasteiger charge is 2.26. The third-order valence-electron chi connectivity index (χ3n) is 3.74. The summed E-state index contributed by atoms with van der Waals surface area (Å²) in [5.74, 6) is 1.21. The smallest absolute Gasteiger partial charge is 0.275 e. The fourth-order valence-electron chi connectivity index (χ4n) is 2.61. The Bertz CT molecular complexity index is 984. The van der Waals surface area contributed by atoms with Crippen LogP contribution in [0.4, 0.5) is 11.4 Å². The van der Waals surface area contributed by atoms with Gasteiger partial charge >= 0.3 is 0 Å². The van der Waals surface area contributed by atoms with Crippen LogP contribution in [-0.2, 0) is 4.79 Å². The van der Waals surface area contributed by atoms with Crippen molar-refractivity contribution in [3.05, 3.63) is 82.8 Å². The van der Waals surface area contributed by atoms with Crippen LogP contribution >= 0.6 is 15.9 Å². The zero-order chi connectivity index (χ0) is 17.2. The lowest BCUT2D eigenvalue weighted by Crippen LogP contribution is -2.13. The van der Waals surface area contributed by atoms with Crippen LogP contribution in [0, 0.1) is 0 Å². The van der Waals surface area contributed by atoms with E-state index >= 15 is 0 Å². The maximum atomic E-state index is 12.2. The van der Waals surface area contributed by atoms with E-state index in [1.54, 1.807) is 0 Å². The highest BCUT2D eigenvalue weighted by atomic mass is 79.9. The van der Waals surface area contributed by atoms with E-state index in [4.69, 9.17) is 4.74 Å². The highest BCUT2D eigenvalue weighted by molar-refractivity contribution is 9.10. The standard InChI is InChI=1S/C20H13BrN2O2/c21-13-9-10-18-17(11-13)19(20(24)23-18)22-14-5-4-8-16(12-14)25-15-6-2-1-3-7-15/h1-12H,(H,22,23,24). The van der Waals surface area contributed by atoms with Gasteiger partial charge in [0.05, 0.1) is 11.4 Å². The van der Waals surface area contributed by atoms with Crippen molar-refractivity contribution in [1.82, 2.24) is 0 Å². The van der Waals surface area contributed by atoms with E-state index in [1.165, 1.54) is 0 Å². The summed E-state index contributed by atoms with van der Waals surface area (Å²) in [5.41, 5.74) is 2.61. The van der Waals surface area contributed by atoms with Gasteiger partial charge in [-0.25, -0.2) is 4.99 Å². The number of ether oxygens (including phenoxy) is 1. The van der Waals surface area contributed by atoms with Crippen molar-refractivity contribution >= 4 is 38.9 Å². The van der Waals surface area contributed by atoms with Gasteiger partial charge in [0.25, 0.3) is 5.91 Å². The van der Waals surface area contributed by atoms with Crippen LogP contribution in [0.15, 0.2) is 82.3 Å². The molecule has 5 heteroatoms.